The number of nitrogens with zero attached hydrogens (tertiary/aromatic N) is 1. The van der Waals surface area contributed by atoms with Gasteiger partial charge in [-0.2, -0.15) is 5.26 Å². The summed E-state index contributed by atoms with van der Waals surface area (Å²) in [4.78, 5) is 0. The van der Waals surface area contributed by atoms with Crippen LogP contribution in [0.15, 0.2) is 0 Å². The van der Waals surface area contributed by atoms with Crippen LogP contribution in [-0.2, 0) is 4.74 Å². The molecule has 1 unspecified atom stereocenters. The molecule has 0 radical (unpaired) electrons. The molecular weight excluding hydrogens is 222 g/mol. The van der Waals surface area contributed by atoms with Crippen LogP contribution < -0.4 is 0 Å². The third kappa shape index (κ3) is 3.99. The van der Waals surface area contributed by atoms with Gasteiger partial charge in [0.1, 0.15) is 0 Å². The van der Waals surface area contributed by atoms with Crippen molar-refractivity contribution in [3.05, 3.63) is 0 Å². The molecule has 1 saturated carbocycles. The van der Waals surface area contributed by atoms with Crippen molar-refractivity contribution in [2.75, 3.05) is 6.61 Å². The van der Waals surface area contributed by atoms with Crippen molar-refractivity contribution in [3.8, 4) is 6.07 Å². The molecule has 2 heteroatoms. The lowest BCUT2D eigenvalue weighted by Crippen LogP contribution is -2.21. The van der Waals surface area contributed by atoms with Crippen molar-refractivity contribution in [2.24, 2.45) is 5.41 Å². The molecule has 0 aromatic heterocycles. The fourth-order valence-electron chi connectivity index (χ4n) is 3.54. The van der Waals surface area contributed by atoms with Crippen LogP contribution in [0.2, 0.25) is 0 Å². The van der Waals surface area contributed by atoms with Gasteiger partial charge in [0.05, 0.1) is 17.6 Å². The molecule has 18 heavy (non-hydrogen) atoms. The van der Waals surface area contributed by atoms with Crippen LogP contribution in [0, 0.1) is 16.7 Å². The molecule has 2 rings (SSSR count). The van der Waals surface area contributed by atoms with Crippen LogP contribution in [0.4, 0.5) is 0 Å². The predicted molar refractivity (Wildman–Crippen MR) is 73.2 cm³/mol. The van der Waals surface area contributed by atoms with E-state index in [0.29, 0.717) is 6.10 Å². The molecule has 0 N–H and O–H groups in total. The van der Waals surface area contributed by atoms with Gasteiger partial charge in [-0.25, -0.2) is 0 Å². The molecule has 0 aromatic rings. The maximum absolute atomic E-state index is 9.57. The predicted octanol–water partition coefficient (Wildman–Crippen LogP) is 4.59. The van der Waals surface area contributed by atoms with Crippen molar-refractivity contribution < 1.29 is 4.74 Å². The summed E-state index contributed by atoms with van der Waals surface area (Å²) in [5.41, 5.74) is -0.000968. The van der Waals surface area contributed by atoms with E-state index in [-0.39, 0.29) is 5.41 Å². The Hall–Kier alpha value is -0.550. The Morgan fingerprint density at radius 1 is 1.06 bits per heavy atom. The van der Waals surface area contributed by atoms with Crippen LogP contribution >= 0.6 is 0 Å². The maximum atomic E-state index is 9.57. The van der Waals surface area contributed by atoms with Crippen molar-refractivity contribution in [1.82, 2.24) is 0 Å². The molecule has 1 saturated heterocycles. The summed E-state index contributed by atoms with van der Waals surface area (Å²) >= 11 is 0. The van der Waals surface area contributed by atoms with Crippen LogP contribution in [0.1, 0.15) is 77.0 Å². The first-order valence-electron chi connectivity index (χ1n) is 7.88. The molecule has 0 bridgehead atoms. The van der Waals surface area contributed by atoms with Crippen LogP contribution in [0.25, 0.3) is 0 Å². The summed E-state index contributed by atoms with van der Waals surface area (Å²) in [6.07, 6.45) is 15.2. The SMILES string of the molecule is N#CC1(CCCC2CCCO2)CCCCCCC1. The summed E-state index contributed by atoms with van der Waals surface area (Å²) in [5.74, 6) is 0. The zero-order valence-corrected chi connectivity index (χ0v) is 11.6. The van der Waals surface area contributed by atoms with Crippen LogP contribution in [-0.4, -0.2) is 12.7 Å². The third-order valence-corrected chi connectivity index (χ3v) is 4.75. The van der Waals surface area contributed by atoms with E-state index < -0.39 is 0 Å². The quantitative estimate of drug-likeness (QED) is 0.730. The molecule has 0 amide bonds. The van der Waals surface area contributed by atoms with Gasteiger partial charge in [-0.05, 0) is 44.9 Å². The fourth-order valence-corrected chi connectivity index (χ4v) is 3.54. The third-order valence-electron chi connectivity index (χ3n) is 4.75. The minimum atomic E-state index is -0.000968. The first kappa shape index (κ1) is 13.9. The molecular formula is C16H27NO. The normalized spacial score (nSPS) is 28.3. The van der Waals surface area contributed by atoms with Gasteiger partial charge in [0.25, 0.3) is 0 Å². The van der Waals surface area contributed by atoms with Crippen LogP contribution in [0.3, 0.4) is 0 Å². The topological polar surface area (TPSA) is 33.0 Å². The number of rotatable bonds is 4. The lowest BCUT2D eigenvalue weighted by Gasteiger charge is -2.29. The van der Waals surface area contributed by atoms with E-state index >= 15 is 0 Å². The lowest BCUT2D eigenvalue weighted by molar-refractivity contribution is 0.0982. The standard InChI is InChI=1S/C16H27NO/c17-14-16(10-4-2-1-3-5-11-16)12-6-8-15-9-7-13-18-15/h15H,1-13H2. The summed E-state index contributed by atoms with van der Waals surface area (Å²) in [6, 6.07) is 2.67. The second-order valence-corrected chi connectivity index (χ2v) is 6.19. The van der Waals surface area contributed by atoms with Gasteiger partial charge in [-0.1, -0.05) is 32.1 Å². The molecule has 1 aliphatic carbocycles. The zero-order valence-electron chi connectivity index (χ0n) is 11.6. The first-order valence-corrected chi connectivity index (χ1v) is 7.88. The largest absolute Gasteiger partial charge is 0.378 e. The van der Waals surface area contributed by atoms with Gasteiger partial charge in [-0.3, -0.25) is 0 Å². The van der Waals surface area contributed by atoms with Gasteiger partial charge in [0.2, 0.25) is 0 Å². The molecule has 1 atom stereocenters. The van der Waals surface area contributed by atoms with Gasteiger partial charge in [0.15, 0.2) is 0 Å². The summed E-state index contributed by atoms with van der Waals surface area (Å²) in [7, 11) is 0. The second kappa shape index (κ2) is 7.14. The highest BCUT2D eigenvalue weighted by atomic mass is 16.5. The van der Waals surface area contributed by atoms with Gasteiger partial charge in [-0.15, -0.1) is 0 Å². The summed E-state index contributed by atoms with van der Waals surface area (Å²) in [5, 5.41) is 9.57. The smallest absolute Gasteiger partial charge is 0.0689 e. The Bertz CT molecular complexity index is 267. The highest BCUT2D eigenvalue weighted by Crippen LogP contribution is 2.38. The highest BCUT2D eigenvalue weighted by Gasteiger charge is 2.30. The molecule has 0 spiro atoms. The van der Waals surface area contributed by atoms with E-state index in [4.69, 9.17) is 4.74 Å². The molecule has 1 heterocycles. The Morgan fingerprint density at radius 3 is 2.39 bits per heavy atom. The monoisotopic (exact) mass is 249 g/mol. The molecule has 102 valence electrons. The zero-order chi connectivity index (χ0) is 12.7. The van der Waals surface area contributed by atoms with Crippen molar-refractivity contribution in [2.45, 2.75) is 83.2 Å². The van der Waals surface area contributed by atoms with E-state index in [9.17, 15) is 5.26 Å². The number of hydrogen-bond acceptors (Lipinski definition) is 2. The molecule has 2 nitrogen and oxygen atoms in total. The van der Waals surface area contributed by atoms with E-state index in [1.807, 2.05) is 0 Å². The average Bonchev–Trinajstić information content (AvgIpc) is 2.85. The van der Waals surface area contributed by atoms with E-state index in [2.05, 4.69) is 6.07 Å². The first-order chi connectivity index (χ1) is 8.85. The second-order valence-electron chi connectivity index (χ2n) is 6.19. The van der Waals surface area contributed by atoms with Crippen molar-refractivity contribution >= 4 is 0 Å². The van der Waals surface area contributed by atoms with Gasteiger partial charge < -0.3 is 4.74 Å². The Labute approximate surface area is 112 Å². The minimum absolute atomic E-state index is 0.000968. The number of hydrogen-bond donors (Lipinski definition) is 0. The van der Waals surface area contributed by atoms with Crippen LogP contribution in [0.5, 0.6) is 0 Å². The number of nitriles is 1. The summed E-state index contributed by atoms with van der Waals surface area (Å²) in [6.45, 7) is 0.952. The Balaban J connectivity index is 1.76. The molecule has 2 fully saturated rings. The van der Waals surface area contributed by atoms with Crippen molar-refractivity contribution in [1.29, 1.82) is 5.26 Å². The molecule has 2 aliphatic rings. The van der Waals surface area contributed by atoms with Gasteiger partial charge in [0, 0.05) is 6.61 Å². The number of ether oxygens (including phenoxy) is 1. The minimum Gasteiger partial charge on any atom is -0.378 e. The van der Waals surface area contributed by atoms with Gasteiger partial charge >= 0.3 is 0 Å². The summed E-state index contributed by atoms with van der Waals surface area (Å²) < 4.78 is 5.67. The lowest BCUT2D eigenvalue weighted by atomic mass is 9.74. The average molecular weight is 249 g/mol. The van der Waals surface area contributed by atoms with E-state index in [1.165, 1.54) is 57.8 Å². The Kier molecular flexibility index (Phi) is 5.50. The van der Waals surface area contributed by atoms with E-state index in [0.717, 1.165) is 25.9 Å². The molecule has 1 aliphatic heterocycles. The maximum Gasteiger partial charge on any atom is 0.0689 e. The Morgan fingerprint density at radius 2 is 1.78 bits per heavy atom. The van der Waals surface area contributed by atoms with Crippen molar-refractivity contribution in [3.63, 3.8) is 0 Å². The van der Waals surface area contributed by atoms with E-state index in [1.54, 1.807) is 0 Å². The highest BCUT2D eigenvalue weighted by molar-refractivity contribution is 4.99. The molecule has 0 aromatic carbocycles. The fraction of sp³-hybridized carbons (Fsp3) is 0.938.